The van der Waals surface area contributed by atoms with Crippen LogP contribution in [0.15, 0.2) is 42.5 Å². The minimum Gasteiger partial charge on any atom is -0.485 e. The second-order valence-electron chi connectivity index (χ2n) is 7.65. The van der Waals surface area contributed by atoms with Crippen molar-refractivity contribution in [3.8, 4) is 11.5 Å². The third-order valence-corrected chi connectivity index (χ3v) is 4.93. The molecule has 0 amide bonds. The van der Waals surface area contributed by atoms with Crippen LogP contribution in [0.1, 0.15) is 36.6 Å². The predicted molar refractivity (Wildman–Crippen MR) is 106 cm³/mol. The fourth-order valence-electron chi connectivity index (χ4n) is 3.20. The molecule has 2 aromatic rings. The highest BCUT2D eigenvalue weighted by Crippen LogP contribution is 2.36. The van der Waals surface area contributed by atoms with Crippen molar-refractivity contribution < 1.29 is 24.5 Å². The molecule has 6 nitrogen and oxygen atoms in total. The number of fused-ring (bicyclic) bond motifs is 1. The van der Waals surface area contributed by atoms with Gasteiger partial charge in [-0.2, -0.15) is 0 Å². The maximum absolute atomic E-state index is 11.3. The van der Waals surface area contributed by atoms with Crippen LogP contribution in [-0.4, -0.2) is 41.0 Å². The summed E-state index contributed by atoms with van der Waals surface area (Å²) in [6.45, 7) is 5.99. The number of rotatable bonds is 7. The zero-order valence-corrected chi connectivity index (χ0v) is 16.4. The molecule has 6 heteroatoms. The van der Waals surface area contributed by atoms with Gasteiger partial charge >= 0.3 is 5.97 Å². The molecule has 0 saturated heterocycles. The van der Waals surface area contributed by atoms with E-state index in [2.05, 4.69) is 12.2 Å². The lowest BCUT2D eigenvalue weighted by Crippen LogP contribution is -2.49. The van der Waals surface area contributed by atoms with Crippen LogP contribution >= 0.6 is 0 Å². The molecule has 1 heterocycles. The number of hydrogen-bond acceptors (Lipinski definition) is 5. The summed E-state index contributed by atoms with van der Waals surface area (Å²) in [6, 6.07) is 13.6. The highest BCUT2D eigenvalue weighted by molar-refractivity contribution is 5.78. The number of aliphatic carboxylic acids is 1. The summed E-state index contributed by atoms with van der Waals surface area (Å²) in [5.74, 6) is -0.0502. The predicted octanol–water partition coefficient (Wildman–Crippen LogP) is 2.86. The van der Waals surface area contributed by atoms with Gasteiger partial charge in [-0.05, 0) is 50.5 Å². The zero-order chi connectivity index (χ0) is 20.3. The highest BCUT2D eigenvalue weighted by Gasteiger charge is 2.40. The Morgan fingerprint density at radius 3 is 2.75 bits per heavy atom. The Hall–Kier alpha value is -2.57. The van der Waals surface area contributed by atoms with Crippen LogP contribution in [-0.2, 0) is 11.2 Å². The molecular formula is C22H27NO5. The number of aliphatic hydroxyl groups excluding tert-OH is 1. The Kier molecular flexibility index (Phi) is 5.91. The second kappa shape index (κ2) is 8.20. The molecule has 3 atom stereocenters. The summed E-state index contributed by atoms with van der Waals surface area (Å²) in [5.41, 5.74) is 1.71. The monoisotopic (exact) mass is 385 g/mol. The Labute approximate surface area is 165 Å². The number of ether oxygens (including phenoxy) is 2. The van der Waals surface area contributed by atoms with Crippen LogP contribution in [0.2, 0.25) is 0 Å². The van der Waals surface area contributed by atoms with Gasteiger partial charge in [-0.1, -0.05) is 35.9 Å². The lowest BCUT2D eigenvalue weighted by molar-refractivity contribution is -0.158. The molecule has 3 N–H and O–H groups in total. The van der Waals surface area contributed by atoms with E-state index in [-0.39, 0.29) is 12.6 Å². The SMILES string of the molecule is Cc1cccc([C@@H](O)CN[C@H](C)Cc2ccc3c(c2)OC[C@](C)(C(=O)O)O3)c1. The maximum Gasteiger partial charge on any atom is 0.351 e. The van der Waals surface area contributed by atoms with E-state index < -0.39 is 17.7 Å². The van der Waals surface area contributed by atoms with Crippen molar-refractivity contribution in [1.82, 2.24) is 5.32 Å². The molecule has 0 saturated carbocycles. The second-order valence-corrected chi connectivity index (χ2v) is 7.65. The molecule has 1 aliphatic rings. The molecule has 0 spiro atoms. The van der Waals surface area contributed by atoms with Crippen molar-refractivity contribution in [3.63, 3.8) is 0 Å². The summed E-state index contributed by atoms with van der Waals surface area (Å²) in [4.78, 5) is 11.3. The summed E-state index contributed by atoms with van der Waals surface area (Å²) in [7, 11) is 0. The van der Waals surface area contributed by atoms with E-state index in [0.29, 0.717) is 18.0 Å². The van der Waals surface area contributed by atoms with Crippen LogP contribution in [0, 0.1) is 6.92 Å². The third-order valence-electron chi connectivity index (χ3n) is 4.93. The molecule has 1 aliphatic heterocycles. The van der Waals surface area contributed by atoms with Gasteiger partial charge in [-0.15, -0.1) is 0 Å². The Morgan fingerprint density at radius 2 is 2.04 bits per heavy atom. The number of carboxylic acid groups (broad SMARTS) is 1. The Bertz CT molecular complexity index is 853. The average molecular weight is 385 g/mol. The molecule has 0 fully saturated rings. The van der Waals surface area contributed by atoms with Crippen LogP contribution in [0.25, 0.3) is 0 Å². The summed E-state index contributed by atoms with van der Waals surface area (Å²) >= 11 is 0. The van der Waals surface area contributed by atoms with E-state index in [0.717, 1.165) is 23.1 Å². The number of benzene rings is 2. The topological polar surface area (TPSA) is 88.0 Å². The Balaban J connectivity index is 1.56. The number of hydrogen-bond donors (Lipinski definition) is 3. The maximum atomic E-state index is 11.3. The zero-order valence-electron chi connectivity index (χ0n) is 16.4. The van der Waals surface area contributed by atoms with Gasteiger partial charge < -0.3 is 25.0 Å². The largest absolute Gasteiger partial charge is 0.485 e. The minimum absolute atomic E-state index is 0.0325. The van der Waals surface area contributed by atoms with E-state index in [1.165, 1.54) is 6.92 Å². The van der Waals surface area contributed by atoms with Gasteiger partial charge in [0.05, 0.1) is 6.10 Å². The first-order valence-electron chi connectivity index (χ1n) is 9.43. The van der Waals surface area contributed by atoms with Crippen molar-refractivity contribution in [2.24, 2.45) is 0 Å². The van der Waals surface area contributed by atoms with Crippen LogP contribution in [0.3, 0.4) is 0 Å². The molecule has 150 valence electrons. The Morgan fingerprint density at radius 1 is 1.25 bits per heavy atom. The molecule has 0 unspecified atom stereocenters. The number of aliphatic hydroxyl groups is 1. The van der Waals surface area contributed by atoms with Gasteiger partial charge in [0.15, 0.2) is 11.5 Å². The molecule has 28 heavy (non-hydrogen) atoms. The molecule has 3 rings (SSSR count). The minimum atomic E-state index is -1.37. The summed E-state index contributed by atoms with van der Waals surface area (Å²) in [6.07, 6.45) is 0.184. The third kappa shape index (κ3) is 4.64. The van der Waals surface area contributed by atoms with E-state index in [9.17, 15) is 15.0 Å². The molecule has 2 aromatic carbocycles. The van der Waals surface area contributed by atoms with E-state index in [4.69, 9.17) is 9.47 Å². The van der Waals surface area contributed by atoms with Crippen LogP contribution in [0.5, 0.6) is 11.5 Å². The quantitative estimate of drug-likeness (QED) is 0.679. The molecule has 0 aromatic heterocycles. The van der Waals surface area contributed by atoms with Crippen molar-refractivity contribution in [1.29, 1.82) is 0 Å². The average Bonchev–Trinajstić information content (AvgIpc) is 2.66. The van der Waals surface area contributed by atoms with Gasteiger partial charge in [0, 0.05) is 12.6 Å². The molecule has 0 bridgehead atoms. The smallest absolute Gasteiger partial charge is 0.351 e. The van der Waals surface area contributed by atoms with Crippen molar-refractivity contribution in [2.75, 3.05) is 13.2 Å². The molecule has 0 radical (unpaired) electrons. The lowest BCUT2D eigenvalue weighted by atomic mass is 10.0. The molecule has 0 aliphatic carbocycles. The summed E-state index contributed by atoms with van der Waals surface area (Å²) < 4.78 is 11.2. The fourth-order valence-corrected chi connectivity index (χ4v) is 3.20. The van der Waals surface area contributed by atoms with Crippen molar-refractivity contribution >= 4 is 5.97 Å². The number of aryl methyl sites for hydroxylation is 1. The first-order chi connectivity index (χ1) is 13.3. The van der Waals surface area contributed by atoms with Gasteiger partial charge in [-0.25, -0.2) is 4.79 Å². The van der Waals surface area contributed by atoms with E-state index in [1.54, 1.807) is 6.07 Å². The van der Waals surface area contributed by atoms with Gasteiger partial charge in [0.1, 0.15) is 6.61 Å². The normalized spacial score (nSPS) is 20.4. The highest BCUT2D eigenvalue weighted by atomic mass is 16.6. The van der Waals surface area contributed by atoms with Gasteiger partial charge in [-0.3, -0.25) is 0 Å². The number of carbonyl (C=O) groups is 1. The lowest BCUT2D eigenvalue weighted by Gasteiger charge is -2.32. The van der Waals surface area contributed by atoms with Gasteiger partial charge in [0.25, 0.3) is 0 Å². The van der Waals surface area contributed by atoms with Gasteiger partial charge in [0.2, 0.25) is 5.60 Å². The van der Waals surface area contributed by atoms with Crippen molar-refractivity contribution in [2.45, 2.75) is 44.9 Å². The van der Waals surface area contributed by atoms with Crippen LogP contribution in [0.4, 0.5) is 0 Å². The number of nitrogens with one attached hydrogen (secondary N) is 1. The van der Waals surface area contributed by atoms with Crippen LogP contribution < -0.4 is 14.8 Å². The summed E-state index contributed by atoms with van der Waals surface area (Å²) in [5, 5.41) is 23.0. The fraction of sp³-hybridized carbons (Fsp3) is 0.409. The first kappa shape index (κ1) is 20.2. The van der Waals surface area contributed by atoms with E-state index in [1.807, 2.05) is 43.3 Å². The number of carboxylic acids is 1. The van der Waals surface area contributed by atoms with E-state index >= 15 is 0 Å². The first-order valence-corrected chi connectivity index (χ1v) is 9.43. The molecular weight excluding hydrogens is 358 g/mol. The standard InChI is InChI=1S/C22H27NO5/c1-14-5-4-6-17(9-14)18(24)12-23-15(2)10-16-7-8-19-20(11-16)27-13-22(3,28-19)21(25)26/h4-9,11,15,18,23-24H,10,12-13H2,1-3H3,(H,25,26)/t15-,18+,22-/m1/s1. The van der Waals surface area contributed by atoms with Crippen molar-refractivity contribution in [3.05, 3.63) is 59.2 Å².